The average molecular weight is 231 g/mol. The molecular formula is C7H9N3O2S2. The highest BCUT2D eigenvalue weighted by molar-refractivity contribution is 7.88. The Kier molecular flexibility index (Phi) is 2.09. The molecule has 0 unspecified atom stereocenters. The number of thiazole rings is 1. The van der Waals surface area contributed by atoms with Gasteiger partial charge in [-0.25, -0.2) is 18.5 Å². The lowest BCUT2D eigenvalue weighted by Crippen LogP contribution is -2.16. The van der Waals surface area contributed by atoms with E-state index >= 15 is 0 Å². The molecular weight excluding hydrogens is 222 g/mol. The van der Waals surface area contributed by atoms with E-state index in [-0.39, 0.29) is 5.75 Å². The van der Waals surface area contributed by atoms with Crippen LogP contribution in [0.2, 0.25) is 0 Å². The number of nitrogens with zero attached hydrogens (tertiary/aromatic N) is 2. The van der Waals surface area contributed by atoms with Crippen molar-refractivity contribution in [1.82, 2.24) is 9.38 Å². The first-order chi connectivity index (χ1) is 6.47. The molecule has 0 saturated heterocycles. The second-order valence-corrected chi connectivity index (χ2v) is 5.49. The molecule has 0 amide bonds. The number of rotatable bonds is 2. The third-order valence-electron chi connectivity index (χ3n) is 1.90. The molecule has 2 rings (SSSR count). The summed E-state index contributed by atoms with van der Waals surface area (Å²) < 4.78 is 23.7. The van der Waals surface area contributed by atoms with Crippen LogP contribution < -0.4 is 5.14 Å². The van der Waals surface area contributed by atoms with E-state index in [4.69, 9.17) is 5.14 Å². The van der Waals surface area contributed by atoms with Crippen molar-refractivity contribution in [3.8, 4) is 0 Å². The van der Waals surface area contributed by atoms with Gasteiger partial charge in [0.1, 0.15) is 5.75 Å². The number of hydrogen-bond donors (Lipinski definition) is 1. The summed E-state index contributed by atoms with van der Waals surface area (Å²) in [5, 5.41) is 6.85. The van der Waals surface area contributed by atoms with Crippen LogP contribution in [-0.4, -0.2) is 17.8 Å². The third kappa shape index (κ3) is 1.66. The summed E-state index contributed by atoms with van der Waals surface area (Å²) >= 11 is 1.46. The summed E-state index contributed by atoms with van der Waals surface area (Å²) in [6, 6.07) is 0. The molecule has 0 atom stereocenters. The number of hydrogen-bond acceptors (Lipinski definition) is 4. The molecule has 0 bridgehead atoms. The van der Waals surface area contributed by atoms with Crippen molar-refractivity contribution in [3.05, 3.63) is 23.0 Å². The highest BCUT2D eigenvalue weighted by atomic mass is 32.2. The smallest absolute Gasteiger partial charge is 0.214 e. The van der Waals surface area contributed by atoms with Crippen LogP contribution in [0.5, 0.6) is 0 Å². The molecule has 0 saturated carbocycles. The van der Waals surface area contributed by atoms with Gasteiger partial charge >= 0.3 is 0 Å². The van der Waals surface area contributed by atoms with Crippen LogP contribution in [0.4, 0.5) is 0 Å². The standard InChI is InChI=1S/C7H9N3O2S2/c1-5-6(4-14(8,11)12)10-2-3-13-7(10)9-5/h2-3H,4H2,1H3,(H2,8,11,12). The maximum absolute atomic E-state index is 11.0. The molecule has 0 aliphatic carbocycles. The van der Waals surface area contributed by atoms with Crippen molar-refractivity contribution in [2.75, 3.05) is 0 Å². The second-order valence-electron chi connectivity index (χ2n) is 3.01. The van der Waals surface area contributed by atoms with Crippen LogP contribution in [0.15, 0.2) is 11.6 Å². The zero-order valence-corrected chi connectivity index (χ0v) is 9.10. The molecule has 14 heavy (non-hydrogen) atoms. The van der Waals surface area contributed by atoms with Crippen LogP contribution in [0.1, 0.15) is 11.4 Å². The molecule has 7 heteroatoms. The van der Waals surface area contributed by atoms with Gasteiger partial charge in [0.2, 0.25) is 10.0 Å². The van der Waals surface area contributed by atoms with Gasteiger partial charge in [-0.15, -0.1) is 11.3 Å². The minimum Gasteiger partial charge on any atom is -0.293 e. The van der Waals surface area contributed by atoms with E-state index < -0.39 is 10.0 Å². The maximum Gasteiger partial charge on any atom is 0.214 e. The van der Waals surface area contributed by atoms with E-state index in [0.717, 1.165) is 4.96 Å². The largest absolute Gasteiger partial charge is 0.293 e. The monoisotopic (exact) mass is 231 g/mol. The molecule has 0 radical (unpaired) electrons. The third-order valence-corrected chi connectivity index (χ3v) is 3.33. The van der Waals surface area contributed by atoms with Gasteiger partial charge in [0.05, 0.1) is 11.4 Å². The Morgan fingerprint density at radius 1 is 1.64 bits per heavy atom. The zero-order valence-electron chi connectivity index (χ0n) is 7.47. The fourth-order valence-corrected chi connectivity index (χ4v) is 2.81. The lowest BCUT2D eigenvalue weighted by molar-refractivity contribution is 0.596. The lowest BCUT2D eigenvalue weighted by atomic mass is 10.4. The maximum atomic E-state index is 11.0. The predicted molar refractivity (Wildman–Crippen MR) is 54.6 cm³/mol. The summed E-state index contributed by atoms with van der Waals surface area (Å²) in [4.78, 5) is 5.01. The molecule has 0 spiro atoms. The van der Waals surface area contributed by atoms with E-state index in [1.807, 2.05) is 5.38 Å². The van der Waals surface area contributed by atoms with E-state index in [2.05, 4.69) is 4.98 Å². The quantitative estimate of drug-likeness (QED) is 0.817. The van der Waals surface area contributed by atoms with Crippen LogP contribution in [0.3, 0.4) is 0 Å². The van der Waals surface area contributed by atoms with Crippen molar-refractivity contribution in [2.24, 2.45) is 5.14 Å². The first-order valence-electron chi connectivity index (χ1n) is 3.89. The van der Waals surface area contributed by atoms with Gasteiger partial charge in [0.25, 0.3) is 0 Å². The zero-order chi connectivity index (χ0) is 10.3. The Morgan fingerprint density at radius 3 is 3.00 bits per heavy atom. The first kappa shape index (κ1) is 9.63. The SMILES string of the molecule is Cc1nc2sccn2c1CS(N)(=O)=O. The van der Waals surface area contributed by atoms with Crippen LogP contribution in [-0.2, 0) is 15.8 Å². The molecule has 0 aliphatic rings. The van der Waals surface area contributed by atoms with Crippen molar-refractivity contribution in [1.29, 1.82) is 0 Å². The molecule has 0 fully saturated rings. The normalized spacial score (nSPS) is 12.4. The van der Waals surface area contributed by atoms with Gasteiger partial charge in [-0.2, -0.15) is 0 Å². The number of primary sulfonamides is 1. The lowest BCUT2D eigenvalue weighted by Gasteiger charge is -1.98. The Hall–Kier alpha value is -0.920. The van der Waals surface area contributed by atoms with Gasteiger partial charge in [-0.3, -0.25) is 4.40 Å². The fraction of sp³-hybridized carbons (Fsp3) is 0.286. The van der Waals surface area contributed by atoms with Crippen molar-refractivity contribution < 1.29 is 8.42 Å². The van der Waals surface area contributed by atoms with E-state index in [9.17, 15) is 8.42 Å². The topological polar surface area (TPSA) is 77.5 Å². The van der Waals surface area contributed by atoms with Gasteiger partial charge in [-0.05, 0) is 6.92 Å². The summed E-state index contributed by atoms with van der Waals surface area (Å²) in [5.74, 6) is -0.170. The van der Waals surface area contributed by atoms with Crippen LogP contribution in [0.25, 0.3) is 4.96 Å². The number of sulfonamides is 1. The molecule has 0 aromatic carbocycles. The Bertz CT molecular complexity index is 567. The number of fused-ring (bicyclic) bond motifs is 1. The second kappa shape index (κ2) is 3.04. The highest BCUT2D eigenvalue weighted by Gasteiger charge is 2.14. The van der Waals surface area contributed by atoms with Crippen molar-refractivity contribution in [3.63, 3.8) is 0 Å². The van der Waals surface area contributed by atoms with Crippen LogP contribution >= 0.6 is 11.3 Å². The molecule has 2 aromatic heterocycles. The number of imidazole rings is 1. The van der Waals surface area contributed by atoms with Gasteiger partial charge < -0.3 is 0 Å². The van der Waals surface area contributed by atoms with Crippen LogP contribution in [0, 0.1) is 6.92 Å². The van der Waals surface area contributed by atoms with Gasteiger partial charge in [-0.1, -0.05) is 0 Å². The molecule has 2 aromatic rings. The van der Waals surface area contributed by atoms with Crippen molar-refractivity contribution >= 4 is 26.3 Å². The van der Waals surface area contributed by atoms with Gasteiger partial charge in [0.15, 0.2) is 4.96 Å². The summed E-state index contributed by atoms with van der Waals surface area (Å²) in [5.41, 5.74) is 1.36. The minimum atomic E-state index is -3.50. The number of nitrogens with two attached hydrogens (primary N) is 1. The number of aryl methyl sites for hydroxylation is 1. The predicted octanol–water partition coefficient (Wildman–Crippen LogP) is 0.493. The molecule has 76 valence electrons. The fourth-order valence-electron chi connectivity index (χ4n) is 1.31. The van der Waals surface area contributed by atoms with E-state index in [0.29, 0.717) is 11.4 Å². The summed E-state index contributed by atoms with van der Waals surface area (Å²) in [6.07, 6.45) is 1.79. The molecule has 2 N–H and O–H groups in total. The Balaban J connectivity index is 2.60. The summed E-state index contributed by atoms with van der Waals surface area (Å²) in [7, 11) is -3.50. The Morgan fingerprint density at radius 2 is 2.36 bits per heavy atom. The van der Waals surface area contributed by atoms with Crippen molar-refractivity contribution in [2.45, 2.75) is 12.7 Å². The van der Waals surface area contributed by atoms with E-state index in [1.165, 1.54) is 11.3 Å². The number of aromatic nitrogens is 2. The average Bonchev–Trinajstić information content (AvgIpc) is 2.54. The molecule has 2 heterocycles. The highest BCUT2D eigenvalue weighted by Crippen LogP contribution is 2.17. The Labute approximate surface area is 85.2 Å². The molecule has 5 nitrogen and oxygen atoms in total. The summed E-state index contributed by atoms with van der Waals surface area (Å²) in [6.45, 7) is 1.78. The molecule has 0 aliphatic heterocycles. The first-order valence-corrected chi connectivity index (χ1v) is 6.48. The van der Waals surface area contributed by atoms with Gasteiger partial charge in [0, 0.05) is 11.6 Å². The van der Waals surface area contributed by atoms with E-state index in [1.54, 1.807) is 17.5 Å². The minimum absolute atomic E-state index is 0.170.